The number of hydrogen-bond donors (Lipinski definition) is 1. The summed E-state index contributed by atoms with van der Waals surface area (Å²) in [5.41, 5.74) is -1.72. The van der Waals surface area contributed by atoms with Gasteiger partial charge in [-0.25, -0.2) is 26.9 Å². The van der Waals surface area contributed by atoms with Crippen LogP contribution in [-0.2, 0) is 0 Å². The monoisotopic (exact) mass is 279 g/mol. The van der Waals surface area contributed by atoms with Crippen LogP contribution in [0.4, 0.5) is 22.0 Å². The van der Waals surface area contributed by atoms with Crippen LogP contribution in [-0.4, -0.2) is 15.2 Å². The summed E-state index contributed by atoms with van der Waals surface area (Å²) in [6.45, 7) is 0. The number of rotatable bonds is 1. The average Bonchev–Trinajstić information content (AvgIpc) is 2.34. The molecule has 0 radical (unpaired) electrons. The molecule has 1 aromatic heterocycles. The molecular weight excluding hydrogens is 277 g/mol. The first-order chi connectivity index (χ1) is 8.43. The molecule has 1 N–H and O–H groups in total. The van der Waals surface area contributed by atoms with Crippen molar-refractivity contribution in [2.24, 2.45) is 0 Å². The van der Waals surface area contributed by atoms with Crippen molar-refractivity contribution in [2.75, 3.05) is 0 Å². The first-order valence-corrected chi connectivity index (χ1v) is 4.77. The first kappa shape index (κ1) is 12.6. The zero-order valence-electron chi connectivity index (χ0n) is 8.27. The van der Waals surface area contributed by atoms with Gasteiger partial charge in [0.2, 0.25) is 10.6 Å². The summed E-state index contributed by atoms with van der Waals surface area (Å²) in [7, 11) is 0. The van der Waals surface area contributed by atoms with E-state index in [1.54, 1.807) is 0 Å². The molecule has 0 aliphatic heterocycles. The Bertz CT molecular complexity index is 655. The Morgan fingerprint density at radius 3 is 1.89 bits per heavy atom. The van der Waals surface area contributed by atoms with Gasteiger partial charge in [0.25, 0.3) is 0 Å². The molecule has 0 aliphatic rings. The van der Waals surface area contributed by atoms with Crippen molar-refractivity contribution in [2.45, 2.75) is 0 Å². The highest BCUT2D eigenvalue weighted by atomic mass is 32.1. The number of aromatic nitrogens is 3. The standard InChI is InChI=1S/C9H2F5N3S/c10-4-3(2-1-15-17-9(18)16-2)5(11)7(13)8(14)6(4)12/h1H,(H,16,17,18). The molecule has 1 aromatic carbocycles. The van der Waals surface area contributed by atoms with Crippen molar-refractivity contribution < 1.29 is 22.0 Å². The van der Waals surface area contributed by atoms with Gasteiger partial charge in [0.15, 0.2) is 23.3 Å². The van der Waals surface area contributed by atoms with Gasteiger partial charge in [-0.3, -0.25) is 5.10 Å². The Hall–Kier alpha value is -1.90. The number of nitrogens with zero attached hydrogens (tertiary/aromatic N) is 2. The summed E-state index contributed by atoms with van der Waals surface area (Å²) in [6, 6.07) is 0. The van der Waals surface area contributed by atoms with Crippen LogP contribution in [0.15, 0.2) is 6.20 Å². The lowest BCUT2D eigenvalue weighted by Crippen LogP contribution is -2.05. The molecule has 9 heteroatoms. The summed E-state index contributed by atoms with van der Waals surface area (Å²) in [4.78, 5) is 3.44. The topological polar surface area (TPSA) is 41.6 Å². The van der Waals surface area contributed by atoms with E-state index in [4.69, 9.17) is 0 Å². The number of hydrogen-bond acceptors (Lipinski definition) is 3. The smallest absolute Gasteiger partial charge is 0.214 e. The number of aromatic amines is 1. The van der Waals surface area contributed by atoms with Gasteiger partial charge < -0.3 is 0 Å². The number of nitrogens with one attached hydrogen (secondary N) is 1. The van der Waals surface area contributed by atoms with Crippen molar-refractivity contribution in [3.05, 3.63) is 40.1 Å². The normalized spacial score (nSPS) is 10.7. The molecule has 18 heavy (non-hydrogen) atoms. The number of H-pyrrole nitrogens is 1. The lowest BCUT2D eigenvalue weighted by Gasteiger charge is -2.06. The lowest BCUT2D eigenvalue weighted by molar-refractivity contribution is 0.381. The Morgan fingerprint density at radius 2 is 1.39 bits per heavy atom. The van der Waals surface area contributed by atoms with E-state index in [0.717, 1.165) is 6.20 Å². The molecule has 0 unspecified atom stereocenters. The quantitative estimate of drug-likeness (QED) is 0.378. The number of benzene rings is 1. The average molecular weight is 279 g/mol. The maximum atomic E-state index is 13.4. The van der Waals surface area contributed by atoms with E-state index >= 15 is 0 Å². The molecule has 0 saturated carbocycles. The molecule has 94 valence electrons. The fourth-order valence-corrected chi connectivity index (χ4v) is 1.41. The zero-order valence-corrected chi connectivity index (χ0v) is 9.09. The summed E-state index contributed by atoms with van der Waals surface area (Å²) in [5.74, 6) is -10.3. The molecule has 0 fully saturated rings. The Kier molecular flexibility index (Phi) is 3.07. The molecule has 0 saturated heterocycles. The second-order valence-corrected chi connectivity index (χ2v) is 3.50. The van der Waals surface area contributed by atoms with Gasteiger partial charge in [0.05, 0.1) is 17.5 Å². The Balaban J connectivity index is 2.84. The third-order valence-electron chi connectivity index (χ3n) is 2.03. The molecule has 0 atom stereocenters. The fourth-order valence-electron chi connectivity index (χ4n) is 1.26. The van der Waals surface area contributed by atoms with Crippen LogP contribution in [0.5, 0.6) is 0 Å². The Labute approximate surface area is 101 Å². The minimum absolute atomic E-state index is 0.253. The second kappa shape index (κ2) is 4.41. The molecule has 0 amide bonds. The fraction of sp³-hybridized carbons (Fsp3) is 0. The van der Waals surface area contributed by atoms with E-state index in [0.29, 0.717) is 0 Å². The molecule has 0 spiro atoms. The predicted molar refractivity (Wildman–Crippen MR) is 52.4 cm³/mol. The molecule has 2 rings (SSSR count). The molecule has 0 bridgehead atoms. The lowest BCUT2D eigenvalue weighted by atomic mass is 10.1. The highest BCUT2D eigenvalue weighted by molar-refractivity contribution is 7.71. The van der Waals surface area contributed by atoms with Gasteiger partial charge >= 0.3 is 0 Å². The molecule has 3 nitrogen and oxygen atoms in total. The van der Waals surface area contributed by atoms with Gasteiger partial charge in [0, 0.05) is 0 Å². The van der Waals surface area contributed by atoms with E-state index in [-0.39, 0.29) is 4.77 Å². The summed E-state index contributed by atoms with van der Waals surface area (Å²) < 4.78 is 65.2. The minimum Gasteiger partial charge on any atom is -0.252 e. The molecule has 1 heterocycles. The number of halogens is 5. The van der Waals surface area contributed by atoms with Crippen LogP contribution >= 0.6 is 12.2 Å². The second-order valence-electron chi connectivity index (χ2n) is 3.12. The van der Waals surface area contributed by atoms with E-state index in [2.05, 4.69) is 27.4 Å². The van der Waals surface area contributed by atoms with E-state index < -0.39 is 40.3 Å². The van der Waals surface area contributed by atoms with Crippen LogP contribution in [0.25, 0.3) is 11.3 Å². The van der Waals surface area contributed by atoms with Crippen molar-refractivity contribution in [3.63, 3.8) is 0 Å². The van der Waals surface area contributed by atoms with Crippen molar-refractivity contribution in [1.82, 2.24) is 15.2 Å². The molecular formula is C9H2F5N3S. The van der Waals surface area contributed by atoms with Crippen LogP contribution in [0.2, 0.25) is 0 Å². The zero-order chi connectivity index (χ0) is 13.4. The SMILES string of the molecule is Fc1c(F)c(F)c(-c2cn[nH]c(=S)n2)c(F)c1F. The maximum Gasteiger partial charge on any atom is 0.214 e. The highest BCUT2D eigenvalue weighted by Crippen LogP contribution is 2.29. The molecule has 2 aromatic rings. The van der Waals surface area contributed by atoms with E-state index in [1.165, 1.54) is 0 Å². The summed E-state index contributed by atoms with van der Waals surface area (Å²) in [5, 5.41) is 5.53. The summed E-state index contributed by atoms with van der Waals surface area (Å²) in [6.07, 6.45) is 0.800. The van der Waals surface area contributed by atoms with E-state index in [9.17, 15) is 22.0 Å². The van der Waals surface area contributed by atoms with Gasteiger partial charge in [-0.2, -0.15) is 5.10 Å². The van der Waals surface area contributed by atoms with Crippen LogP contribution in [0, 0.1) is 33.9 Å². The van der Waals surface area contributed by atoms with Crippen molar-refractivity contribution in [1.29, 1.82) is 0 Å². The third-order valence-corrected chi connectivity index (χ3v) is 2.22. The summed E-state index contributed by atoms with van der Waals surface area (Å²) >= 11 is 4.54. The van der Waals surface area contributed by atoms with Gasteiger partial charge in [-0.15, -0.1) is 0 Å². The maximum absolute atomic E-state index is 13.4. The van der Waals surface area contributed by atoms with Gasteiger partial charge in [-0.1, -0.05) is 0 Å². The van der Waals surface area contributed by atoms with Crippen LogP contribution in [0.1, 0.15) is 0 Å². The van der Waals surface area contributed by atoms with Crippen molar-refractivity contribution in [3.8, 4) is 11.3 Å². The largest absolute Gasteiger partial charge is 0.252 e. The van der Waals surface area contributed by atoms with Crippen LogP contribution < -0.4 is 0 Å². The first-order valence-electron chi connectivity index (χ1n) is 4.37. The minimum atomic E-state index is -2.23. The van der Waals surface area contributed by atoms with Gasteiger partial charge in [0.1, 0.15) is 0 Å². The van der Waals surface area contributed by atoms with E-state index in [1.807, 2.05) is 0 Å². The van der Waals surface area contributed by atoms with Gasteiger partial charge in [-0.05, 0) is 12.2 Å². The highest BCUT2D eigenvalue weighted by Gasteiger charge is 2.27. The Morgan fingerprint density at radius 1 is 0.889 bits per heavy atom. The van der Waals surface area contributed by atoms with Crippen LogP contribution in [0.3, 0.4) is 0 Å². The van der Waals surface area contributed by atoms with Crippen molar-refractivity contribution >= 4 is 12.2 Å². The predicted octanol–water partition coefficient (Wildman–Crippen LogP) is 2.90. The molecule has 0 aliphatic carbocycles. The third kappa shape index (κ3) is 1.86.